The molecule has 122 valence electrons. The Morgan fingerprint density at radius 1 is 0.913 bits per heavy atom. The molecule has 3 rings (SSSR count). The first-order valence-corrected chi connectivity index (χ1v) is 9.08. The molecule has 1 aliphatic carbocycles. The van der Waals surface area contributed by atoms with Gasteiger partial charge in [0.2, 0.25) is 0 Å². The summed E-state index contributed by atoms with van der Waals surface area (Å²) in [6.07, 6.45) is 8.77. The summed E-state index contributed by atoms with van der Waals surface area (Å²) in [6.45, 7) is 4.36. The number of hydrogen-bond donors (Lipinski definition) is 0. The van der Waals surface area contributed by atoms with Gasteiger partial charge in [-0.05, 0) is 74.6 Å². The fourth-order valence-electron chi connectivity index (χ4n) is 3.41. The summed E-state index contributed by atoms with van der Waals surface area (Å²) in [5, 5.41) is 0. The predicted octanol–water partition coefficient (Wildman–Crippen LogP) is 5.66. The van der Waals surface area contributed by atoms with Crippen molar-refractivity contribution in [2.75, 3.05) is 0 Å². The highest BCUT2D eigenvalue weighted by Crippen LogP contribution is 2.28. The smallest absolute Gasteiger partial charge is 0.122 e. The van der Waals surface area contributed by atoms with Crippen LogP contribution >= 0.6 is 0 Å². The van der Waals surface area contributed by atoms with Crippen molar-refractivity contribution < 1.29 is 4.74 Å². The Morgan fingerprint density at radius 2 is 1.57 bits per heavy atom. The number of ether oxygens (including phenoxy) is 1. The summed E-state index contributed by atoms with van der Waals surface area (Å²) >= 11 is 0. The lowest BCUT2D eigenvalue weighted by Crippen LogP contribution is -2.12. The highest BCUT2D eigenvalue weighted by Gasteiger charge is 2.17. The van der Waals surface area contributed by atoms with Crippen LogP contribution in [-0.2, 0) is 19.3 Å². The Labute approximate surface area is 140 Å². The van der Waals surface area contributed by atoms with Crippen LogP contribution < -0.4 is 4.74 Å². The molecular formula is C22H28O. The number of rotatable bonds is 6. The Hall–Kier alpha value is -1.76. The molecule has 1 saturated carbocycles. The fourth-order valence-corrected chi connectivity index (χ4v) is 3.41. The Bertz CT molecular complexity index is 621. The zero-order valence-corrected chi connectivity index (χ0v) is 14.5. The topological polar surface area (TPSA) is 9.23 Å². The summed E-state index contributed by atoms with van der Waals surface area (Å²) in [4.78, 5) is 0. The van der Waals surface area contributed by atoms with Crippen LogP contribution in [0.2, 0.25) is 0 Å². The van der Waals surface area contributed by atoms with Gasteiger partial charge in [0, 0.05) is 0 Å². The van der Waals surface area contributed by atoms with E-state index < -0.39 is 0 Å². The van der Waals surface area contributed by atoms with E-state index >= 15 is 0 Å². The van der Waals surface area contributed by atoms with Gasteiger partial charge in [-0.25, -0.2) is 0 Å². The number of benzene rings is 2. The molecule has 0 spiro atoms. The molecule has 0 bridgehead atoms. The summed E-state index contributed by atoms with van der Waals surface area (Å²) in [6, 6.07) is 15.7. The molecule has 1 heteroatoms. The molecule has 0 unspecified atom stereocenters. The van der Waals surface area contributed by atoms with Crippen molar-refractivity contribution in [1.29, 1.82) is 0 Å². The fraction of sp³-hybridized carbons (Fsp3) is 0.455. The zero-order valence-electron chi connectivity index (χ0n) is 14.5. The van der Waals surface area contributed by atoms with Crippen molar-refractivity contribution in [1.82, 2.24) is 0 Å². The van der Waals surface area contributed by atoms with Crippen LogP contribution in [0.1, 0.15) is 54.9 Å². The van der Waals surface area contributed by atoms with Gasteiger partial charge >= 0.3 is 0 Å². The van der Waals surface area contributed by atoms with Crippen molar-refractivity contribution in [3.63, 3.8) is 0 Å². The SMILES string of the molecule is CCc1cc(CCc2ccc(C)cc2)ccc1OC1CCCC1. The van der Waals surface area contributed by atoms with Crippen LogP contribution in [-0.4, -0.2) is 6.10 Å². The molecule has 1 nitrogen and oxygen atoms in total. The summed E-state index contributed by atoms with van der Waals surface area (Å²) in [5.41, 5.74) is 5.52. The van der Waals surface area contributed by atoms with Gasteiger partial charge in [0.05, 0.1) is 6.10 Å². The predicted molar refractivity (Wildman–Crippen MR) is 97.3 cm³/mol. The second kappa shape index (κ2) is 7.68. The molecule has 0 aromatic heterocycles. The number of aryl methyl sites for hydroxylation is 4. The molecule has 0 atom stereocenters. The lowest BCUT2D eigenvalue weighted by molar-refractivity contribution is 0.208. The molecule has 2 aromatic rings. The molecule has 23 heavy (non-hydrogen) atoms. The van der Waals surface area contributed by atoms with Crippen molar-refractivity contribution >= 4 is 0 Å². The lowest BCUT2D eigenvalue weighted by Gasteiger charge is -2.17. The van der Waals surface area contributed by atoms with E-state index in [0.717, 1.165) is 25.0 Å². The third kappa shape index (κ3) is 4.37. The minimum Gasteiger partial charge on any atom is -0.490 e. The molecule has 2 aromatic carbocycles. The minimum atomic E-state index is 0.443. The molecule has 0 radical (unpaired) electrons. The summed E-state index contributed by atoms with van der Waals surface area (Å²) in [7, 11) is 0. The maximum absolute atomic E-state index is 6.23. The molecule has 1 aliphatic rings. The Kier molecular flexibility index (Phi) is 5.38. The van der Waals surface area contributed by atoms with Crippen LogP contribution in [0.3, 0.4) is 0 Å². The first-order valence-electron chi connectivity index (χ1n) is 9.08. The van der Waals surface area contributed by atoms with E-state index in [2.05, 4.69) is 56.3 Å². The van der Waals surface area contributed by atoms with Crippen LogP contribution in [0.4, 0.5) is 0 Å². The highest BCUT2D eigenvalue weighted by molar-refractivity contribution is 5.38. The molecule has 0 heterocycles. The monoisotopic (exact) mass is 308 g/mol. The third-order valence-electron chi connectivity index (χ3n) is 4.92. The van der Waals surface area contributed by atoms with E-state index in [1.807, 2.05) is 0 Å². The van der Waals surface area contributed by atoms with Gasteiger partial charge in [-0.2, -0.15) is 0 Å². The molecule has 1 fully saturated rings. The van der Waals surface area contributed by atoms with Crippen LogP contribution in [0, 0.1) is 6.92 Å². The molecule has 0 N–H and O–H groups in total. The maximum Gasteiger partial charge on any atom is 0.122 e. The van der Waals surface area contributed by atoms with E-state index in [-0.39, 0.29) is 0 Å². The normalized spacial score (nSPS) is 15.0. The van der Waals surface area contributed by atoms with Gasteiger partial charge in [-0.1, -0.05) is 48.9 Å². The van der Waals surface area contributed by atoms with E-state index in [4.69, 9.17) is 4.74 Å². The van der Waals surface area contributed by atoms with Gasteiger partial charge < -0.3 is 4.74 Å². The van der Waals surface area contributed by atoms with Gasteiger partial charge in [0.15, 0.2) is 0 Å². The number of hydrogen-bond acceptors (Lipinski definition) is 1. The van der Waals surface area contributed by atoms with Gasteiger partial charge in [-0.15, -0.1) is 0 Å². The average Bonchev–Trinajstić information content (AvgIpc) is 3.08. The molecular weight excluding hydrogens is 280 g/mol. The quantitative estimate of drug-likeness (QED) is 0.668. The standard InChI is InChI=1S/C22H28O/c1-3-20-16-19(13-12-18-10-8-17(2)9-11-18)14-15-22(20)23-21-6-4-5-7-21/h8-11,14-16,21H,3-7,12-13H2,1-2H3. The second-order valence-electron chi connectivity index (χ2n) is 6.81. The van der Waals surface area contributed by atoms with Crippen LogP contribution in [0.25, 0.3) is 0 Å². The van der Waals surface area contributed by atoms with Gasteiger partial charge in [-0.3, -0.25) is 0 Å². The van der Waals surface area contributed by atoms with E-state index in [1.165, 1.54) is 47.9 Å². The largest absolute Gasteiger partial charge is 0.490 e. The first kappa shape index (κ1) is 16.1. The van der Waals surface area contributed by atoms with Crippen molar-refractivity contribution in [3.8, 4) is 5.75 Å². The van der Waals surface area contributed by atoms with Gasteiger partial charge in [0.25, 0.3) is 0 Å². The third-order valence-corrected chi connectivity index (χ3v) is 4.92. The average molecular weight is 308 g/mol. The Morgan fingerprint density at radius 3 is 2.26 bits per heavy atom. The zero-order chi connectivity index (χ0) is 16.1. The maximum atomic E-state index is 6.23. The second-order valence-corrected chi connectivity index (χ2v) is 6.81. The summed E-state index contributed by atoms with van der Waals surface area (Å²) in [5.74, 6) is 1.11. The van der Waals surface area contributed by atoms with Crippen molar-refractivity contribution in [2.45, 2.75) is 64.9 Å². The van der Waals surface area contributed by atoms with E-state index in [1.54, 1.807) is 0 Å². The molecule has 0 amide bonds. The van der Waals surface area contributed by atoms with Crippen molar-refractivity contribution in [2.24, 2.45) is 0 Å². The van der Waals surface area contributed by atoms with Crippen molar-refractivity contribution in [3.05, 3.63) is 64.7 Å². The van der Waals surface area contributed by atoms with Gasteiger partial charge in [0.1, 0.15) is 5.75 Å². The first-order chi connectivity index (χ1) is 11.2. The molecule has 0 saturated heterocycles. The molecule has 0 aliphatic heterocycles. The van der Waals surface area contributed by atoms with Crippen LogP contribution in [0.5, 0.6) is 5.75 Å². The summed E-state index contributed by atoms with van der Waals surface area (Å²) < 4.78 is 6.23. The van der Waals surface area contributed by atoms with E-state index in [0.29, 0.717) is 6.10 Å². The minimum absolute atomic E-state index is 0.443. The lowest BCUT2D eigenvalue weighted by atomic mass is 10.0. The van der Waals surface area contributed by atoms with E-state index in [9.17, 15) is 0 Å². The highest BCUT2D eigenvalue weighted by atomic mass is 16.5. The Balaban J connectivity index is 1.64. The van der Waals surface area contributed by atoms with Crippen LogP contribution in [0.15, 0.2) is 42.5 Å².